The first kappa shape index (κ1) is 49.6. The number of hydrogen-bond donors (Lipinski definition) is 3. The van der Waals surface area contributed by atoms with Gasteiger partial charge < -0.3 is 15.5 Å². The topological polar surface area (TPSA) is 69.6 Å². The zero-order valence-electron chi connectivity index (χ0n) is 34.4. The van der Waals surface area contributed by atoms with Crippen LogP contribution in [0.15, 0.2) is 36.5 Å². The number of amides is 1. The number of unbranched alkanes of at least 4 members (excludes halogenated alkanes) is 30. The summed E-state index contributed by atoms with van der Waals surface area (Å²) in [5.74, 6) is -0.0782. The zero-order chi connectivity index (χ0) is 37.1. The van der Waals surface area contributed by atoms with Crippen LogP contribution in [-0.2, 0) is 4.79 Å². The summed E-state index contributed by atoms with van der Waals surface area (Å²) in [6, 6.07) is -0.640. The lowest BCUT2D eigenvalue weighted by Crippen LogP contribution is -2.45. The lowest BCUT2D eigenvalue weighted by molar-refractivity contribution is -0.123. The van der Waals surface area contributed by atoms with Gasteiger partial charge in [-0.05, 0) is 57.8 Å². The maximum atomic E-state index is 12.4. The molecule has 0 aromatic rings. The van der Waals surface area contributed by atoms with E-state index in [2.05, 4.69) is 43.5 Å². The van der Waals surface area contributed by atoms with Crippen LogP contribution in [0.3, 0.4) is 0 Å². The van der Waals surface area contributed by atoms with Crippen LogP contribution in [0, 0.1) is 0 Å². The van der Waals surface area contributed by atoms with E-state index in [9.17, 15) is 15.0 Å². The van der Waals surface area contributed by atoms with Crippen LogP contribution in [-0.4, -0.2) is 34.9 Å². The highest BCUT2D eigenvalue weighted by atomic mass is 16.3. The second kappa shape index (κ2) is 43.0. The maximum absolute atomic E-state index is 12.4. The molecule has 2 unspecified atom stereocenters. The molecule has 2 atom stereocenters. The monoisotopic (exact) mass is 716 g/mol. The number of nitrogens with one attached hydrogen (secondary N) is 1. The molecule has 3 N–H and O–H groups in total. The third-order valence-corrected chi connectivity index (χ3v) is 10.3. The van der Waals surface area contributed by atoms with Gasteiger partial charge in [-0.2, -0.15) is 0 Å². The van der Waals surface area contributed by atoms with Crippen molar-refractivity contribution in [1.29, 1.82) is 0 Å². The Morgan fingerprint density at radius 3 is 1.16 bits per heavy atom. The van der Waals surface area contributed by atoms with Crippen LogP contribution < -0.4 is 5.32 Å². The molecule has 0 fully saturated rings. The first-order chi connectivity index (χ1) is 25.2. The maximum Gasteiger partial charge on any atom is 0.220 e. The summed E-state index contributed by atoms with van der Waals surface area (Å²) < 4.78 is 0. The molecule has 1 amide bonds. The van der Waals surface area contributed by atoms with E-state index in [1.807, 2.05) is 6.08 Å². The highest BCUT2D eigenvalue weighted by Gasteiger charge is 2.17. The predicted molar refractivity (Wildman–Crippen MR) is 225 cm³/mol. The normalized spacial score (nSPS) is 13.3. The molecule has 0 saturated heterocycles. The van der Waals surface area contributed by atoms with Crippen LogP contribution in [0.2, 0.25) is 0 Å². The van der Waals surface area contributed by atoms with E-state index in [-0.39, 0.29) is 12.5 Å². The van der Waals surface area contributed by atoms with Crippen molar-refractivity contribution in [2.45, 2.75) is 251 Å². The standard InChI is InChI=1S/C47H89NO3/c1-3-5-7-9-11-13-15-17-19-20-21-22-23-24-25-26-27-29-30-32-34-36-38-40-42-46(50)45(44-49)48-47(51)43-41-39-37-35-33-31-28-18-16-14-12-10-8-6-4-2/h14,16,32,34,40,42,45-46,49-50H,3-13,15,17-31,33,35-39,41,43-44H2,1-2H3,(H,48,51)/b16-14-,34-32+,42-40+. The fourth-order valence-corrected chi connectivity index (χ4v) is 6.84. The third kappa shape index (κ3) is 39.6. The first-order valence-corrected chi connectivity index (χ1v) is 22.7. The summed E-state index contributed by atoms with van der Waals surface area (Å²) in [6.07, 6.45) is 56.9. The van der Waals surface area contributed by atoms with Gasteiger partial charge in [-0.1, -0.05) is 211 Å². The number of allylic oxidation sites excluding steroid dienone is 5. The van der Waals surface area contributed by atoms with Gasteiger partial charge in [0.1, 0.15) is 0 Å². The van der Waals surface area contributed by atoms with Crippen LogP contribution in [0.4, 0.5) is 0 Å². The number of carbonyl (C=O) groups is 1. The minimum atomic E-state index is -0.862. The summed E-state index contributed by atoms with van der Waals surface area (Å²) in [5, 5.41) is 23.0. The van der Waals surface area contributed by atoms with Gasteiger partial charge in [0.2, 0.25) is 5.91 Å². The lowest BCUT2D eigenvalue weighted by atomic mass is 10.0. The number of hydrogen-bond acceptors (Lipinski definition) is 3. The van der Waals surface area contributed by atoms with Gasteiger partial charge in [0, 0.05) is 6.42 Å². The molecule has 0 aliphatic rings. The first-order valence-electron chi connectivity index (χ1n) is 22.7. The van der Waals surface area contributed by atoms with Gasteiger partial charge in [-0.25, -0.2) is 0 Å². The van der Waals surface area contributed by atoms with Gasteiger partial charge in [-0.3, -0.25) is 4.79 Å². The van der Waals surface area contributed by atoms with Crippen LogP contribution in [0.1, 0.15) is 239 Å². The van der Waals surface area contributed by atoms with E-state index in [0.29, 0.717) is 6.42 Å². The molecule has 0 spiro atoms. The summed E-state index contributed by atoms with van der Waals surface area (Å²) in [6.45, 7) is 4.29. The Balaban J connectivity index is 3.58. The van der Waals surface area contributed by atoms with Crippen molar-refractivity contribution in [2.75, 3.05) is 6.61 Å². The number of carbonyl (C=O) groups excluding carboxylic acids is 1. The van der Waals surface area contributed by atoms with Gasteiger partial charge in [0.15, 0.2) is 0 Å². The molecule has 0 bridgehead atoms. The van der Waals surface area contributed by atoms with Crippen molar-refractivity contribution in [2.24, 2.45) is 0 Å². The van der Waals surface area contributed by atoms with E-state index in [1.54, 1.807) is 6.08 Å². The molecule has 51 heavy (non-hydrogen) atoms. The minimum Gasteiger partial charge on any atom is -0.394 e. The Hall–Kier alpha value is -1.39. The van der Waals surface area contributed by atoms with Gasteiger partial charge >= 0.3 is 0 Å². The Labute approximate surface area is 319 Å². The largest absolute Gasteiger partial charge is 0.394 e. The smallest absolute Gasteiger partial charge is 0.220 e. The third-order valence-electron chi connectivity index (χ3n) is 10.3. The van der Waals surface area contributed by atoms with Crippen molar-refractivity contribution < 1.29 is 15.0 Å². The average Bonchev–Trinajstić information content (AvgIpc) is 3.13. The summed E-state index contributed by atoms with van der Waals surface area (Å²) in [7, 11) is 0. The van der Waals surface area contributed by atoms with Crippen LogP contribution in [0.25, 0.3) is 0 Å². The molecular formula is C47H89NO3. The average molecular weight is 716 g/mol. The van der Waals surface area contributed by atoms with Gasteiger partial charge in [-0.15, -0.1) is 0 Å². The van der Waals surface area contributed by atoms with Gasteiger partial charge in [0.25, 0.3) is 0 Å². The van der Waals surface area contributed by atoms with E-state index in [1.165, 1.54) is 186 Å². The fraction of sp³-hybridized carbons (Fsp3) is 0.851. The van der Waals surface area contributed by atoms with E-state index in [0.717, 1.165) is 32.1 Å². The van der Waals surface area contributed by atoms with E-state index >= 15 is 0 Å². The molecular weight excluding hydrogens is 627 g/mol. The predicted octanol–water partition coefficient (Wildman–Crippen LogP) is 14.2. The minimum absolute atomic E-state index is 0.0782. The highest BCUT2D eigenvalue weighted by molar-refractivity contribution is 5.76. The molecule has 0 aliphatic heterocycles. The van der Waals surface area contributed by atoms with Crippen LogP contribution in [0.5, 0.6) is 0 Å². The Morgan fingerprint density at radius 2 is 0.765 bits per heavy atom. The SMILES string of the molecule is CCCCCC/C=C\CCCCCCCCCC(=O)NC(CO)C(O)/C=C/CC/C=C/CCCCCCCCCCCCCCCCCCCC. The van der Waals surface area contributed by atoms with E-state index in [4.69, 9.17) is 0 Å². The quantitative estimate of drug-likeness (QED) is 0.0436. The van der Waals surface area contributed by atoms with Crippen molar-refractivity contribution in [3.8, 4) is 0 Å². The summed E-state index contributed by atoms with van der Waals surface area (Å²) >= 11 is 0. The number of rotatable bonds is 41. The fourth-order valence-electron chi connectivity index (χ4n) is 6.84. The van der Waals surface area contributed by atoms with Crippen molar-refractivity contribution in [1.82, 2.24) is 5.32 Å². The van der Waals surface area contributed by atoms with Crippen molar-refractivity contribution in [3.63, 3.8) is 0 Å². The van der Waals surface area contributed by atoms with Crippen molar-refractivity contribution in [3.05, 3.63) is 36.5 Å². The second-order valence-electron chi connectivity index (χ2n) is 15.5. The van der Waals surface area contributed by atoms with Crippen LogP contribution >= 0.6 is 0 Å². The van der Waals surface area contributed by atoms with Crippen molar-refractivity contribution >= 4 is 5.91 Å². The highest BCUT2D eigenvalue weighted by Crippen LogP contribution is 2.15. The molecule has 0 rings (SSSR count). The zero-order valence-corrected chi connectivity index (χ0v) is 34.4. The van der Waals surface area contributed by atoms with Gasteiger partial charge in [0.05, 0.1) is 18.8 Å². The molecule has 0 aromatic carbocycles. The lowest BCUT2D eigenvalue weighted by Gasteiger charge is -2.19. The molecule has 0 aliphatic carbocycles. The summed E-state index contributed by atoms with van der Waals surface area (Å²) in [4.78, 5) is 12.4. The molecule has 4 heteroatoms. The molecule has 0 aromatic heterocycles. The molecule has 300 valence electrons. The van der Waals surface area contributed by atoms with E-state index < -0.39 is 12.1 Å². The Morgan fingerprint density at radius 1 is 0.451 bits per heavy atom. The number of aliphatic hydroxyl groups excluding tert-OH is 2. The molecule has 4 nitrogen and oxygen atoms in total. The molecule has 0 saturated carbocycles. The second-order valence-corrected chi connectivity index (χ2v) is 15.5. The molecule has 0 heterocycles. The molecule has 0 radical (unpaired) electrons. The summed E-state index contributed by atoms with van der Waals surface area (Å²) in [5.41, 5.74) is 0. The Bertz CT molecular complexity index is 775. The number of aliphatic hydroxyl groups is 2. The Kier molecular flexibility index (Phi) is 41.8.